The Bertz CT molecular complexity index is 700. The van der Waals surface area contributed by atoms with Crippen molar-refractivity contribution in [1.82, 2.24) is 0 Å². The van der Waals surface area contributed by atoms with Crippen molar-refractivity contribution in [3.63, 3.8) is 0 Å². The maximum Gasteiger partial charge on any atom is 0.193 e. The quantitative estimate of drug-likeness (QED) is 0.626. The highest BCUT2D eigenvalue weighted by Crippen LogP contribution is 2.56. The van der Waals surface area contributed by atoms with Crippen LogP contribution in [-0.4, -0.2) is 23.3 Å². The van der Waals surface area contributed by atoms with Crippen molar-refractivity contribution in [3.8, 4) is 0 Å². The second-order valence-corrected chi connectivity index (χ2v) is 6.55. The molecule has 22 heavy (non-hydrogen) atoms. The van der Waals surface area contributed by atoms with E-state index in [1.807, 2.05) is 12.1 Å². The van der Waals surface area contributed by atoms with Crippen molar-refractivity contribution in [2.45, 2.75) is 57.2 Å². The number of rotatable bonds is 4. The van der Waals surface area contributed by atoms with E-state index in [9.17, 15) is 9.59 Å². The lowest BCUT2D eigenvalue weighted by atomic mass is 9.71. The maximum absolute atomic E-state index is 13.0. The molecule has 2 unspecified atom stereocenters. The van der Waals surface area contributed by atoms with Crippen molar-refractivity contribution < 1.29 is 14.3 Å². The second kappa shape index (κ2) is 4.88. The molecule has 4 rings (SSSR count). The number of benzene rings is 1. The number of ether oxygens (including phenoxy) is 1. The summed E-state index contributed by atoms with van der Waals surface area (Å²) < 4.78 is 5.98. The molecule has 1 aromatic carbocycles. The summed E-state index contributed by atoms with van der Waals surface area (Å²) >= 11 is 0. The number of unbranched alkanes of at least 4 members (excludes halogenated alkanes) is 2. The summed E-state index contributed by atoms with van der Waals surface area (Å²) in [6, 6.07) is 7.19. The Kier molecular flexibility index (Phi) is 3.08. The number of carbonyl (C=O) groups is 2. The zero-order valence-corrected chi connectivity index (χ0v) is 12.9. The largest absolute Gasteiger partial charge is 0.361 e. The molecular weight excluding hydrogens is 276 g/mol. The lowest BCUT2D eigenvalue weighted by Gasteiger charge is -2.28. The SMILES string of the molecule is CCCCCC12OC1CCC1=C2C(=O)c2ccccc2C1=O. The Hall–Kier alpha value is -1.74. The predicted molar refractivity (Wildman–Crippen MR) is 83.1 cm³/mol. The molecule has 1 aromatic rings. The Morgan fingerprint density at radius 3 is 2.59 bits per heavy atom. The monoisotopic (exact) mass is 296 g/mol. The van der Waals surface area contributed by atoms with Crippen molar-refractivity contribution in [1.29, 1.82) is 0 Å². The first-order valence-electron chi connectivity index (χ1n) is 8.29. The van der Waals surface area contributed by atoms with E-state index in [4.69, 9.17) is 4.74 Å². The van der Waals surface area contributed by atoms with Gasteiger partial charge in [-0.15, -0.1) is 0 Å². The van der Waals surface area contributed by atoms with Gasteiger partial charge in [0.2, 0.25) is 0 Å². The van der Waals surface area contributed by atoms with Gasteiger partial charge in [-0.1, -0.05) is 50.5 Å². The van der Waals surface area contributed by atoms with Crippen LogP contribution in [0.2, 0.25) is 0 Å². The second-order valence-electron chi connectivity index (χ2n) is 6.55. The topological polar surface area (TPSA) is 46.7 Å². The molecule has 3 nitrogen and oxygen atoms in total. The van der Waals surface area contributed by atoms with E-state index < -0.39 is 5.60 Å². The van der Waals surface area contributed by atoms with Crippen LogP contribution < -0.4 is 0 Å². The molecule has 1 aliphatic heterocycles. The molecular formula is C19H20O3. The first-order chi connectivity index (χ1) is 10.7. The van der Waals surface area contributed by atoms with E-state index >= 15 is 0 Å². The molecule has 0 saturated carbocycles. The number of allylic oxidation sites excluding steroid dienone is 1. The van der Waals surface area contributed by atoms with Crippen LogP contribution in [-0.2, 0) is 4.74 Å². The van der Waals surface area contributed by atoms with Gasteiger partial charge in [0.25, 0.3) is 0 Å². The first-order valence-corrected chi connectivity index (χ1v) is 8.29. The van der Waals surface area contributed by atoms with Gasteiger partial charge in [-0.25, -0.2) is 0 Å². The van der Waals surface area contributed by atoms with Gasteiger partial charge in [0, 0.05) is 22.3 Å². The molecule has 0 N–H and O–H groups in total. The van der Waals surface area contributed by atoms with E-state index in [2.05, 4.69) is 6.92 Å². The van der Waals surface area contributed by atoms with Crippen LogP contribution >= 0.6 is 0 Å². The molecule has 0 aromatic heterocycles. The van der Waals surface area contributed by atoms with E-state index in [0.717, 1.165) is 32.1 Å². The first kappa shape index (κ1) is 13.9. The van der Waals surface area contributed by atoms with Crippen LogP contribution in [0.25, 0.3) is 0 Å². The Morgan fingerprint density at radius 2 is 1.86 bits per heavy atom. The molecule has 2 aliphatic carbocycles. The average molecular weight is 296 g/mol. The number of carbonyl (C=O) groups excluding carboxylic acids is 2. The van der Waals surface area contributed by atoms with Gasteiger partial charge in [0.1, 0.15) is 5.60 Å². The van der Waals surface area contributed by atoms with Gasteiger partial charge in [-0.05, 0) is 19.3 Å². The molecule has 0 spiro atoms. The molecule has 3 aliphatic rings. The number of ketones is 2. The van der Waals surface area contributed by atoms with Gasteiger partial charge in [0.05, 0.1) is 6.10 Å². The highest BCUT2D eigenvalue weighted by atomic mass is 16.6. The van der Waals surface area contributed by atoms with Crippen LogP contribution in [0, 0.1) is 0 Å². The molecule has 0 radical (unpaired) electrons. The van der Waals surface area contributed by atoms with Crippen LogP contribution in [0.3, 0.4) is 0 Å². The van der Waals surface area contributed by atoms with Crippen LogP contribution in [0.1, 0.15) is 66.2 Å². The lowest BCUT2D eigenvalue weighted by molar-refractivity contribution is 0.0953. The average Bonchev–Trinajstić information content (AvgIpc) is 3.26. The highest BCUT2D eigenvalue weighted by Gasteiger charge is 2.63. The van der Waals surface area contributed by atoms with Crippen LogP contribution in [0.4, 0.5) is 0 Å². The molecule has 1 heterocycles. The molecule has 2 atom stereocenters. The third-order valence-corrected chi connectivity index (χ3v) is 5.27. The molecule has 0 amide bonds. The summed E-state index contributed by atoms with van der Waals surface area (Å²) in [5, 5.41) is 0. The number of Topliss-reactive ketones (excluding diaryl/α,β-unsaturated/α-hetero) is 2. The van der Waals surface area contributed by atoms with Gasteiger partial charge < -0.3 is 4.74 Å². The summed E-state index contributed by atoms with van der Waals surface area (Å²) in [5.41, 5.74) is 2.06. The standard InChI is InChI=1S/C19H20O3/c1-2-3-6-11-19-15(22-19)10-9-14-16(19)18(21)13-8-5-4-7-12(13)17(14)20/h4-5,7-8,15H,2-3,6,9-11H2,1H3. The lowest BCUT2D eigenvalue weighted by Crippen LogP contribution is -2.35. The van der Waals surface area contributed by atoms with E-state index in [1.165, 1.54) is 0 Å². The zero-order valence-electron chi connectivity index (χ0n) is 12.9. The van der Waals surface area contributed by atoms with E-state index in [0.29, 0.717) is 28.7 Å². The minimum Gasteiger partial charge on any atom is -0.361 e. The fourth-order valence-corrected chi connectivity index (χ4v) is 4.10. The van der Waals surface area contributed by atoms with Gasteiger partial charge in [0.15, 0.2) is 11.6 Å². The van der Waals surface area contributed by atoms with Gasteiger partial charge in [-0.2, -0.15) is 0 Å². The minimum atomic E-state index is -0.455. The summed E-state index contributed by atoms with van der Waals surface area (Å²) in [6.07, 6.45) is 5.88. The predicted octanol–water partition coefficient (Wildman–Crippen LogP) is 3.87. The fourth-order valence-electron chi connectivity index (χ4n) is 4.10. The summed E-state index contributed by atoms with van der Waals surface area (Å²) in [7, 11) is 0. The Morgan fingerprint density at radius 1 is 1.14 bits per heavy atom. The molecule has 1 fully saturated rings. The normalized spacial score (nSPS) is 29.0. The smallest absolute Gasteiger partial charge is 0.193 e. The molecule has 114 valence electrons. The van der Waals surface area contributed by atoms with Gasteiger partial charge in [-0.3, -0.25) is 9.59 Å². The summed E-state index contributed by atoms with van der Waals surface area (Å²) in [5.74, 6) is 0.0536. The number of hydrogen-bond donors (Lipinski definition) is 0. The van der Waals surface area contributed by atoms with Crippen molar-refractivity contribution in [3.05, 3.63) is 46.5 Å². The van der Waals surface area contributed by atoms with Gasteiger partial charge >= 0.3 is 0 Å². The van der Waals surface area contributed by atoms with Crippen LogP contribution in [0.15, 0.2) is 35.4 Å². The Balaban J connectivity index is 1.77. The van der Waals surface area contributed by atoms with Crippen LogP contribution in [0.5, 0.6) is 0 Å². The number of hydrogen-bond acceptors (Lipinski definition) is 3. The van der Waals surface area contributed by atoms with E-state index in [-0.39, 0.29) is 17.7 Å². The third-order valence-electron chi connectivity index (χ3n) is 5.27. The molecule has 3 heteroatoms. The highest BCUT2D eigenvalue weighted by molar-refractivity contribution is 6.28. The van der Waals surface area contributed by atoms with Crippen molar-refractivity contribution in [2.24, 2.45) is 0 Å². The van der Waals surface area contributed by atoms with Crippen molar-refractivity contribution >= 4 is 11.6 Å². The number of fused-ring (bicyclic) bond motifs is 3. The minimum absolute atomic E-state index is 0.0175. The fraction of sp³-hybridized carbons (Fsp3) is 0.474. The third kappa shape index (κ3) is 1.78. The molecule has 0 bridgehead atoms. The number of epoxide rings is 1. The molecule has 1 saturated heterocycles. The Labute approximate surface area is 130 Å². The maximum atomic E-state index is 13.0. The van der Waals surface area contributed by atoms with Crippen molar-refractivity contribution in [2.75, 3.05) is 0 Å². The zero-order chi connectivity index (χ0) is 15.3. The van der Waals surface area contributed by atoms with E-state index in [1.54, 1.807) is 12.1 Å². The summed E-state index contributed by atoms with van der Waals surface area (Å²) in [6.45, 7) is 2.17. The summed E-state index contributed by atoms with van der Waals surface area (Å²) in [4.78, 5) is 25.7.